The van der Waals surface area contributed by atoms with Crippen molar-refractivity contribution in [2.75, 3.05) is 30.3 Å². The van der Waals surface area contributed by atoms with Gasteiger partial charge in [0.2, 0.25) is 11.8 Å². The quantitative estimate of drug-likeness (QED) is 0.684. The van der Waals surface area contributed by atoms with E-state index in [4.69, 9.17) is 23.2 Å². The summed E-state index contributed by atoms with van der Waals surface area (Å²) in [5.41, 5.74) is 2.69. The lowest BCUT2D eigenvalue weighted by molar-refractivity contribution is -0.121. The summed E-state index contributed by atoms with van der Waals surface area (Å²) in [6.07, 6.45) is 2.45. The van der Waals surface area contributed by atoms with Gasteiger partial charge in [-0.1, -0.05) is 42.3 Å². The molecule has 1 saturated heterocycles. The van der Waals surface area contributed by atoms with Crippen LogP contribution < -0.4 is 10.6 Å². The summed E-state index contributed by atoms with van der Waals surface area (Å²) in [7, 11) is 0. The van der Waals surface area contributed by atoms with Gasteiger partial charge in [-0.05, 0) is 68.2 Å². The summed E-state index contributed by atoms with van der Waals surface area (Å²) in [6, 6.07) is 13.0. The molecule has 2 amide bonds. The molecule has 2 aromatic rings. The maximum atomic E-state index is 12.5. The Morgan fingerprint density at radius 1 is 0.966 bits per heavy atom. The Labute approximate surface area is 181 Å². The van der Waals surface area contributed by atoms with Gasteiger partial charge in [0.25, 0.3) is 0 Å². The van der Waals surface area contributed by atoms with E-state index < -0.39 is 0 Å². The van der Waals surface area contributed by atoms with Gasteiger partial charge in [0.15, 0.2) is 0 Å². The monoisotopic (exact) mass is 433 g/mol. The van der Waals surface area contributed by atoms with Gasteiger partial charge in [-0.25, -0.2) is 0 Å². The van der Waals surface area contributed by atoms with Gasteiger partial charge in [-0.2, -0.15) is 0 Å². The van der Waals surface area contributed by atoms with E-state index in [1.165, 1.54) is 5.56 Å². The standard InChI is InChI=1S/C22H25Cl2N3O2/c1-2-15-3-5-17(6-4-15)26-22(29)16-9-11-27(12-10-16)14-21(28)25-18-7-8-19(23)20(24)13-18/h3-8,13,16H,2,9-12,14H2,1H3,(H,25,28)(H,26,29). The van der Waals surface area contributed by atoms with Crippen molar-refractivity contribution in [2.45, 2.75) is 26.2 Å². The Hall–Kier alpha value is -2.08. The van der Waals surface area contributed by atoms with Crippen LogP contribution in [0.5, 0.6) is 0 Å². The van der Waals surface area contributed by atoms with E-state index in [2.05, 4.69) is 22.5 Å². The average molecular weight is 434 g/mol. The summed E-state index contributed by atoms with van der Waals surface area (Å²) >= 11 is 11.9. The molecule has 0 bridgehead atoms. The van der Waals surface area contributed by atoms with Crippen LogP contribution in [0.1, 0.15) is 25.3 Å². The number of benzene rings is 2. The molecule has 29 heavy (non-hydrogen) atoms. The summed E-state index contributed by atoms with van der Waals surface area (Å²) in [4.78, 5) is 26.9. The Balaban J connectivity index is 1.43. The molecule has 0 unspecified atom stereocenters. The number of nitrogens with zero attached hydrogens (tertiary/aromatic N) is 1. The minimum Gasteiger partial charge on any atom is -0.326 e. The zero-order chi connectivity index (χ0) is 20.8. The number of halogens is 2. The molecule has 1 fully saturated rings. The molecule has 2 aromatic carbocycles. The molecule has 0 radical (unpaired) electrons. The summed E-state index contributed by atoms with van der Waals surface area (Å²) in [5.74, 6) is -0.0910. The molecule has 0 atom stereocenters. The predicted octanol–water partition coefficient (Wildman–Crippen LogP) is 4.85. The van der Waals surface area contributed by atoms with Gasteiger partial charge in [0, 0.05) is 17.3 Å². The molecule has 2 N–H and O–H groups in total. The fraction of sp³-hybridized carbons (Fsp3) is 0.364. The highest BCUT2D eigenvalue weighted by molar-refractivity contribution is 6.42. The summed E-state index contributed by atoms with van der Waals surface area (Å²) < 4.78 is 0. The van der Waals surface area contributed by atoms with E-state index in [1.54, 1.807) is 18.2 Å². The van der Waals surface area contributed by atoms with Crippen LogP contribution in [0, 0.1) is 5.92 Å². The van der Waals surface area contributed by atoms with Gasteiger partial charge >= 0.3 is 0 Å². The number of rotatable bonds is 6. The molecular weight excluding hydrogens is 409 g/mol. The van der Waals surface area contributed by atoms with E-state index in [1.807, 2.05) is 24.3 Å². The Bertz CT molecular complexity index is 863. The first kappa shape index (κ1) is 21.6. The fourth-order valence-corrected chi connectivity index (χ4v) is 3.70. The van der Waals surface area contributed by atoms with Gasteiger partial charge in [-0.15, -0.1) is 0 Å². The van der Waals surface area contributed by atoms with E-state index in [0.29, 0.717) is 28.8 Å². The average Bonchev–Trinajstić information content (AvgIpc) is 2.72. The number of anilines is 2. The molecule has 5 nitrogen and oxygen atoms in total. The Morgan fingerprint density at radius 3 is 2.24 bits per heavy atom. The minimum absolute atomic E-state index is 0.0322. The van der Waals surface area contributed by atoms with Crippen molar-refractivity contribution < 1.29 is 9.59 Å². The Morgan fingerprint density at radius 2 is 1.62 bits per heavy atom. The normalized spacial score (nSPS) is 15.1. The largest absolute Gasteiger partial charge is 0.326 e. The third-order valence-corrected chi connectivity index (χ3v) is 5.90. The van der Waals surface area contributed by atoms with Gasteiger partial charge < -0.3 is 10.6 Å². The molecule has 0 spiro atoms. The van der Waals surface area contributed by atoms with Crippen LogP contribution in [-0.2, 0) is 16.0 Å². The second-order valence-electron chi connectivity index (χ2n) is 7.27. The van der Waals surface area contributed by atoms with Crippen molar-refractivity contribution >= 4 is 46.4 Å². The predicted molar refractivity (Wildman–Crippen MR) is 119 cm³/mol. The molecule has 7 heteroatoms. The molecule has 0 aliphatic carbocycles. The lowest BCUT2D eigenvalue weighted by Gasteiger charge is -2.30. The summed E-state index contributed by atoms with van der Waals surface area (Å²) in [6.45, 7) is 3.81. The lowest BCUT2D eigenvalue weighted by Crippen LogP contribution is -2.41. The van der Waals surface area contributed by atoms with Gasteiger partial charge in [-0.3, -0.25) is 14.5 Å². The molecular formula is C22H25Cl2N3O2. The van der Waals surface area contributed by atoms with Crippen LogP contribution in [-0.4, -0.2) is 36.3 Å². The number of likely N-dealkylation sites (tertiary alicyclic amines) is 1. The van der Waals surface area contributed by atoms with Crippen LogP contribution in [0.15, 0.2) is 42.5 Å². The van der Waals surface area contributed by atoms with E-state index >= 15 is 0 Å². The molecule has 1 heterocycles. The third kappa shape index (κ3) is 6.20. The number of carbonyl (C=O) groups excluding carboxylic acids is 2. The minimum atomic E-state index is -0.109. The SMILES string of the molecule is CCc1ccc(NC(=O)C2CCN(CC(=O)Nc3ccc(Cl)c(Cl)c3)CC2)cc1. The second kappa shape index (κ2) is 10.1. The number of amides is 2. The van der Waals surface area contributed by atoms with Crippen LogP contribution in [0.2, 0.25) is 10.0 Å². The van der Waals surface area contributed by atoms with E-state index in [-0.39, 0.29) is 24.3 Å². The van der Waals surface area contributed by atoms with E-state index in [0.717, 1.165) is 24.9 Å². The molecule has 0 aromatic heterocycles. The highest BCUT2D eigenvalue weighted by atomic mass is 35.5. The Kier molecular flexibility index (Phi) is 7.53. The van der Waals surface area contributed by atoms with Crippen molar-refractivity contribution in [2.24, 2.45) is 5.92 Å². The zero-order valence-electron chi connectivity index (χ0n) is 16.4. The fourth-order valence-electron chi connectivity index (χ4n) is 3.40. The molecule has 0 saturated carbocycles. The lowest BCUT2D eigenvalue weighted by atomic mass is 9.95. The molecule has 154 valence electrons. The third-order valence-electron chi connectivity index (χ3n) is 5.16. The van der Waals surface area contributed by atoms with Crippen molar-refractivity contribution in [3.05, 3.63) is 58.1 Å². The first-order valence-corrected chi connectivity index (χ1v) is 10.6. The van der Waals surface area contributed by atoms with Crippen LogP contribution in [0.3, 0.4) is 0 Å². The van der Waals surface area contributed by atoms with E-state index in [9.17, 15) is 9.59 Å². The van der Waals surface area contributed by atoms with Crippen molar-refractivity contribution in [1.29, 1.82) is 0 Å². The van der Waals surface area contributed by atoms with Crippen molar-refractivity contribution in [3.8, 4) is 0 Å². The number of hydrogen-bond acceptors (Lipinski definition) is 3. The topological polar surface area (TPSA) is 61.4 Å². The number of hydrogen-bond donors (Lipinski definition) is 2. The maximum Gasteiger partial charge on any atom is 0.238 e. The highest BCUT2D eigenvalue weighted by Crippen LogP contribution is 2.25. The highest BCUT2D eigenvalue weighted by Gasteiger charge is 2.26. The molecule has 1 aliphatic heterocycles. The van der Waals surface area contributed by atoms with Crippen molar-refractivity contribution in [1.82, 2.24) is 4.90 Å². The zero-order valence-corrected chi connectivity index (χ0v) is 17.9. The maximum absolute atomic E-state index is 12.5. The molecule has 3 rings (SSSR count). The number of carbonyl (C=O) groups is 2. The van der Waals surface area contributed by atoms with Crippen LogP contribution in [0.4, 0.5) is 11.4 Å². The smallest absolute Gasteiger partial charge is 0.238 e. The number of aryl methyl sites for hydroxylation is 1. The first-order valence-electron chi connectivity index (χ1n) is 9.81. The second-order valence-corrected chi connectivity index (χ2v) is 8.08. The van der Waals surface area contributed by atoms with Crippen LogP contribution >= 0.6 is 23.2 Å². The van der Waals surface area contributed by atoms with Crippen LogP contribution in [0.25, 0.3) is 0 Å². The molecule has 1 aliphatic rings. The number of nitrogens with one attached hydrogen (secondary N) is 2. The van der Waals surface area contributed by atoms with Crippen molar-refractivity contribution in [3.63, 3.8) is 0 Å². The summed E-state index contributed by atoms with van der Waals surface area (Å²) in [5, 5.41) is 6.68. The van der Waals surface area contributed by atoms with Gasteiger partial charge in [0.1, 0.15) is 0 Å². The van der Waals surface area contributed by atoms with Gasteiger partial charge in [0.05, 0.1) is 16.6 Å². The first-order chi connectivity index (χ1) is 13.9. The number of piperidine rings is 1.